The smallest absolute Gasteiger partial charge is 0.208 e. The molecule has 1 rings (SSSR count). The minimum atomic E-state index is 0.265. The molecule has 0 saturated carbocycles. The first-order valence-corrected chi connectivity index (χ1v) is 5.12. The Hall–Kier alpha value is -0.870. The number of oxazole rings is 1. The van der Waals surface area contributed by atoms with Gasteiger partial charge in [-0.15, -0.1) is 0 Å². The minimum Gasteiger partial charge on any atom is -0.444 e. The molecule has 0 spiro atoms. The Morgan fingerprint density at radius 3 is 3.00 bits per heavy atom. The molecule has 0 aliphatic rings. The molecule has 0 aliphatic heterocycles. The summed E-state index contributed by atoms with van der Waals surface area (Å²) >= 11 is 0. The number of aryl methyl sites for hydroxylation is 1. The van der Waals surface area contributed by atoms with E-state index in [1.54, 1.807) is 6.20 Å². The van der Waals surface area contributed by atoms with Gasteiger partial charge in [0.1, 0.15) is 5.76 Å². The number of nitrogens with one attached hydrogen (secondary N) is 1. The molecule has 0 aromatic carbocycles. The largest absolute Gasteiger partial charge is 0.444 e. The van der Waals surface area contributed by atoms with Gasteiger partial charge < -0.3 is 14.8 Å². The molecule has 0 aliphatic carbocycles. The van der Waals surface area contributed by atoms with Gasteiger partial charge in [0.05, 0.1) is 12.7 Å². The van der Waals surface area contributed by atoms with E-state index in [4.69, 9.17) is 9.52 Å². The van der Waals surface area contributed by atoms with Gasteiger partial charge in [-0.25, -0.2) is 4.98 Å². The molecule has 4 nitrogen and oxygen atoms in total. The van der Waals surface area contributed by atoms with Crippen LogP contribution in [0.4, 0.5) is 0 Å². The lowest BCUT2D eigenvalue weighted by molar-refractivity contribution is 0.283. The minimum absolute atomic E-state index is 0.265. The fourth-order valence-corrected chi connectivity index (χ4v) is 1.15. The normalized spacial score (nSPS) is 10.7. The lowest BCUT2D eigenvalue weighted by Gasteiger charge is -1.99. The number of nitrogens with zero attached hydrogens (tertiary/aromatic N) is 1. The number of aliphatic hydroxyl groups is 1. The van der Waals surface area contributed by atoms with Crippen molar-refractivity contribution < 1.29 is 9.52 Å². The Bertz CT molecular complexity index is 248. The molecule has 0 unspecified atom stereocenters. The Balaban J connectivity index is 2.12. The molecule has 0 fully saturated rings. The zero-order valence-corrected chi connectivity index (χ0v) is 8.62. The number of aliphatic hydroxyl groups excluding tert-OH is 1. The van der Waals surface area contributed by atoms with Crippen molar-refractivity contribution in [3.63, 3.8) is 0 Å². The Kier molecular flexibility index (Phi) is 5.25. The quantitative estimate of drug-likeness (QED) is 0.644. The molecule has 2 N–H and O–H groups in total. The summed E-state index contributed by atoms with van der Waals surface area (Å²) in [5, 5.41) is 11.8. The zero-order valence-electron chi connectivity index (χ0n) is 8.62. The van der Waals surface area contributed by atoms with Crippen LogP contribution in [0.1, 0.15) is 31.4 Å². The molecular weight excluding hydrogens is 180 g/mol. The van der Waals surface area contributed by atoms with Crippen LogP contribution < -0.4 is 5.32 Å². The predicted octanol–water partition coefficient (Wildman–Crippen LogP) is 1.10. The lowest BCUT2D eigenvalue weighted by atomic mass is 10.3. The highest BCUT2D eigenvalue weighted by Crippen LogP contribution is 2.03. The average Bonchev–Trinajstić information content (AvgIpc) is 2.65. The SMILES string of the molecule is CCc1cnc(CNCCCCO)o1. The van der Waals surface area contributed by atoms with E-state index in [0.717, 1.165) is 37.5 Å². The van der Waals surface area contributed by atoms with Crippen LogP contribution in [0.2, 0.25) is 0 Å². The molecule has 0 atom stereocenters. The summed E-state index contributed by atoms with van der Waals surface area (Å²) in [6.45, 7) is 3.87. The third-order valence-electron chi connectivity index (χ3n) is 1.99. The lowest BCUT2D eigenvalue weighted by Crippen LogP contribution is -2.15. The van der Waals surface area contributed by atoms with Gasteiger partial charge in [-0.1, -0.05) is 6.92 Å². The number of aromatic nitrogens is 1. The van der Waals surface area contributed by atoms with Crippen LogP contribution in [-0.4, -0.2) is 23.2 Å². The van der Waals surface area contributed by atoms with Crippen LogP contribution in [0.5, 0.6) is 0 Å². The molecular formula is C10H18N2O2. The van der Waals surface area contributed by atoms with Gasteiger partial charge in [0.25, 0.3) is 0 Å². The molecule has 1 heterocycles. The molecule has 80 valence electrons. The van der Waals surface area contributed by atoms with E-state index in [1.807, 2.05) is 6.92 Å². The van der Waals surface area contributed by atoms with Crippen molar-refractivity contribution in [3.05, 3.63) is 17.8 Å². The maximum Gasteiger partial charge on any atom is 0.208 e. The van der Waals surface area contributed by atoms with Crippen LogP contribution in [0.3, 0.4) is 0 Å². The molecule has 1 aromatic heterocycles. The highest BCUT2D eigenvalue weighted by Gasteiger charge is 2.00. The summed E-state index contributed by atoms with van der Waals surface area (Å²) in [6.07, 6.45) is 4.49. The van der Waals surface area contributed by atoms with E-state index >= 15 is 0 Å². The maximum absolute atomic E-state index is 8.56. The summed E-state index contributed by atoms with van der Waals surface area (Å²) < 4.78 is 5.42. The van der Waals surface area contributed by atoms with Crippen LogP contribution >= 0.6 is 0 Å². The fourth-order valence-electron chi connectivity index (χ4n) is 1.15. The third kappa shape index (κ3) is 3.89. The van der Waals surface area contributed by atoms with Crippen LogP contribution in [0, 0.1) is 0 Å². The van der Waals surface area contributed by atoms with Gasteiger partial charge in [0, 0.05) is 13.0 Å². The highest BCUT2D eigenvalue weighted by atomic mass is 16.4. The summed E-state index contributed by atoms with van der Waals surface area (Å²) in [4.78, 5) is 4.13. The average molecular weight is 198 g/mol. The van der Waals surface area contributed by atoms with Crippen molar-refractivity contribution in [2.45, 2.75) is 32.7 Å². The van der Waals surface area contributed by atoms with E-state index in [1.165, 1.54) is 0 Å². The molecule has 0 amide bonds. The summed E-state index contributed by atoms with van der Waals surface area (Å²) in [7, 11) is 0. The number of unbranched alkanes of at least 4 members (excludes halogenated alkanes) is 1. The monoisotopic (exact) mass is 198 g/mol. The Morgan fingerprint density at radius 1 is 1.50 bits per heavy atom. The number of hydrogen-bond acceptors (Lipinski definition) is 4. The topological polar surface area (TPSA) is 58.3 Å². The predicted molar refractivity (Wildman–Crippen MR) is 53.9 cm³/mol. The summed E-state index contributed by atoms with van der Waals surface area (Å²) in [5.74, 6) is 1.67. The zero-order chi connectivity index (χ0) is 10.2. The van der Waals surface area contributed by atoms with E-state index in [9.17, 15) is 0 Å². The van der Waals surface area contributed by atoms with Crippen LogP contribution in [0.15, 0.2) is 10.6 Å². The van der Waals surface area contributed by atoms with E-state index in [2.05, 4.69) is 10.3 Å². The highest BCUT2D eigenvalue weighted by molar-refractivity contribution is 4.93. The summed E-state index contributed by atoms with van der Waals surface area (Å²) in [6, 6.07) is 0. The van der Waals surface area contributed by atoms with Crippen molar-refractivity contribution >= 4 is 0 Å². The molecule has 0 saturated heterocycles. The fraction of sp³-hybridized carbons (Fsp3) is 0.700. The first-order valence-electron chi connectivity index (χ1n) is 5.12. The van der Waals surface area contributed by atoms with Crippen molar-refractivity contribution in [1.29, 1.82) is 0 Å². The van der Waals surface area contributed by atoms with Gasteiger partial charge in [-0.05, 0) is 19.4 Å². The maximum atomic E-state index is 8.56. The number of rotatable bonds is 7. The van der Waals surface area contributed by atoms with Crippen LogP contribution in [-0.2, 0) is 13.0 Å². The molecule has 1 aromatic rings. The van der Waals surface area contributed by atoms with Gasteiger partial charge in [0.15, 0.2) is 0 Å². The van der Waals surface area contributed by atoms with E-state index < -0.39 is 0 Å². The second kappa shape index (κ2) is 6.56. The van der Waals surface area contributed by atoms with Gasteiger partial charge in [0.2, 0.25) is 5.89 Å². The molecule has 0 bridgehead atoms. The third-order valence-corrected chi connectivity index (χ3v) is 1.99. The first kappa shape index (κ1) is 11.2. The van der Waals surface area contributed by atoms with Gasteiger partial charge >= 0.3 is 0 Å². The van der Waals surface area contributed by atoms with Gasteiger partial charge in [-0.2, -0.15) is 0 Å². The van der Waals surface area contributed by atoms with E-state index in [0.29, 0.717) is 6.54 Å². The standard InChI is InChI=1S/C10H18N2O2/c1-2-9-7-12-10(14-9)8-11-5-3-4-6-13/h7,11,13H,2-6,8H2,1H3. The second-order valence-electron chi connectivity index (χ2n) is 3.18. The van der Waals surface area contributed by atoms with E-state index in [-0.39, 0.29) is 6.61 Å². The first-order chi connectivity index (χ1) is 6.86. The second-order valence-corrected chi connectivity index (χ2v) is 3.18. The van der Waals surface area contributed by atoms with Gasteiger partial charge in [-0.3, -0.25) is 0 Å². The molecule has 4 heteroatoms. The van der Waals surface area contributed by atoms with Crippen molar-refractivity contribution in [3.8, 4) is 0 Å². The van der Waals surface area contributed by atoms with Crippen molar-refractivity contribution in [1.82, 2.24) is 10.3 Å². The van der Waals surface area contributed by atoms with Crippen molar-refractivity contribution in [2.24, 2.45) is 0 Å². The summed E-state index contributed by atoms with van der Waals surface area (Å²) in [5.41, 5.74) is 0. The Labute approximate surface area is 84.3 Å². The Morgan fingerprint density at radius 2 is 2.36 bits per heavy atom. The molecule has 0 radical (unpaired) electrons. The molecule has 14 heavy (non-hydrogen) atoms. The number of hydrogen-bond donors (Lipinski definition) is 2. The van der Waals surface area contributed by atoms with Crippen molar-refractivity contribution in [2.75, 3.05) is 13.2 Å². The van der Waals surface area contributed by atoms with Crippen LogP contribution in [0.25, 0.3) is 0 Å².